The maximum absolute atomic E-state index is 12.5. The Labute approximate surface area is 180 Å². The number of anilines is 1. The normalized spacial score (nSPS) is 18.0. The number of sulfone groups is 1. The first-order chi connectivity index (χ1) is 14.7. The molecule has 3 aromatic rings. The summed E-state index contributed by atoms with van der Waals surface area (Å²) in [5.41, 5.74) is 1.84. The third-order valence-corrected chi connectivity index (χ3v) is 8.31. The summed E-state index contributed by atoms with van der Waals surface area (Å²) in [6.45, 7) is 0. The standard InChI is InChI=1S/C21H21N3O5S2/c25-21(16-3-7-19(8-4-16)24-12-1-2-13-24)22-17-5-9-20(10-6-17)31(28,29)23-18-11-14-30(26,27)15-18/h1-10,12-13,18,23H,11,14-15H2,(H,22,25)/t18-/m1/s1. The molecule has 4 rings (SSSR count). The molecule has 8 nitrogen and oxygen atoms in total. The molecule has 1 aliphatic rings. The average Bonchev–Trinajstić information content (AvgIpc) is 3.38. The van der Waals surface area contributed by atoms with Gasteiger partial charge in [0.05, 0.1) is 16.4 Å². The van der Waals surface area contributed by atoms with E-state index in [1.807, 2.05) is 41.2 Å². The van der Waals surface area contributed by atoms with Crippen LogP contribution < -0.4 is 10.0 Å². The van der Waals surface area contributed by atoms with Crippen LogP contribution in [0.1, 0.15) is 16.8 Å². The first kappa shape index (κ1) is 21.3. The summed E-state index contributed by atoms with van der Waals surface area (Å²) in [6.07, 6.45) is 4.08. The molecule has 1 aliphatic heterocycles. The highest BCUT2D eigenvalue weighted by molar-refractivity contribution is 7.92. The zero-order valence-corrected chi connectivity index (χ0v) is 18.1. The van der Waals surface area contributed by atoms with Crippen LogP contribution in [0.25, 0.3) is 5.69 Å². The van der Waals surface area contributed by atoms with Gasteiger partial charge in [-0.3, -0.25) is 4.79 Å². The SMILES string of the molecule is O=C(Nc1ccc(S(=O)(=O)N[C@@H]2CCS(=O)(=O)C2)cc1)c1ccc(-n2cccc2)cc1. The van der Waals surface area contributed by atoms with Crippen molar-refractivity contribution in [2.45, 2.75) is 17.4 Å². The van der Waals surface area contributed by atoms with Gasteiger partial charge in [-0.1, -0.05) is 0 Å². The maximum Gasteiger partial charge on any atom is 0.255 e. The van der Waals surface area contributed by atoms with E-state index >= 15 is 0 Å². The second-order valence-electron chi connectivity index (χ2n) is 7.34. The van der Waals surface area contributed by atoms with Gasteiger partial charge in [-0.05, 0) is 67.1 Å². The van der Waals surface area contributed by atoms with Crippen LogP contribution in [0.3, 0.4) is 0 Å². The first-order valence-electron chi connectivity index (χ1n) is 9.59. The van der Waals surface area contributed by atoms with E-state index in [4.69, 9.17) is 0 Å². The molecule has 10 heteroatoms. The molecule has 2 heterocycles. The lowest BCUT2D eigenvalue weighted by Gasteiger charge is -2.12. The van der Waals surface area contributed by atoms with E-state index in [-0.39, 0.29) is 28.7 Å². The molecule has 2 aromatic carbocycles. The fourth-order valence-electron chi connectivity index (χ4n) is 3.39. The highest BCUT2D eigenvalue weighted by atomic mass is 32.2. The Morgan fingerprint density at radius 3 is 2.19 bits per heavy atom. The number of hydrogen-bond acceptors (Lipinski definition) is 5. The zero-order valence-electron chi connectivity index (χ0n) is 16.4. The summed E-state index contributed by atoms with van der Waals surface area (Å²) in [5.74, 6) is -0.523. The predicted octanol–water partition coefficient (Wildman–Crippen LogP) is 2.19. The molecule has 0 radical (unpaired) electrons. The molecule has 162 valence electrons. The van der Waals surface area contributed by atoms with E-state index in [9.17, 15) is 21.6 Å². The topological polar surface area (TPSA) is 114 Å². The Morgan fingerprint density at radius 2 is 1.61 bits per heavy atom. The average molecular weight is 460 g/mol. The van der Waals surface area contributed by atoms with E-state index in [0.29, 0.717) is 11.3 Å². The third-order valence-electron chi connectivity index (χ3n) is 5.01. The molecule has 0 spiro atoms. The Morgan fingerprint density at radius 1 is 0.968 bits per heavy atom. The summed E-state index contributed by atoms with van der Waals surface area (Å²) >= 11 is 0. The van der Waals surface area contributed by atoms with Crippen molar-refractivity contribution < 1.29 is 21.6 Å². The molecule has 31 heavy (non-hydrogen) atoms. The Hall–Kier alpha value is -2.95. The predicted molar refractivity (Wildman–Crippen MR) is 118 cm³/mol. The molecule has 1 aromatic heterocycles. The first-order valence-corrected chi connectivity index (χ1v) is 12.9. The Bertz CT molecular complexity index is 1280. The van der Waals surface area contributed by atoms with E-state index in [1.54, 1.807) is 12.1 Å². The van der Waals surface area contributed by atoms with Crippen molar-refractivity contribution in [2.24, 2.45) is 0 Å². The van der Waals surface area contributed by atoms with Crippen molar-refractivity contribution in [2.75, 3.05) is 16.8 Å². The van der Waals surface area contributed by atoms with Gasteiger partial charge >= 0.3 is 0 Å². The van der Waals surface area contributed by atoms with E-state index in [0.717, 1.165) is 5.69 Å². The molecular formula is C21H21N3O5S2. The number of nitrogens with zero attached hydrogens (tertiary/aromatic N) is 1. The van der Waals surface area contributed by atoms with Gasteiger partial charge < -0.3 is 9.88 Å². The van der Waals surface area contributed by atoms with Crippen LogP contribution in [0.2, 0.25) is 0 Å². The summed E-state index contributed by atoms with van der Waals surface area (Å²) in [5, 5.41) is 2.73. The summed E-state index contributed by atoms with van der Waals surface area (Å²) in [6, 6.07) is 16.0. The Balaban J connectivity index is 1.40. The fraction of sp³-hybridized carbons (Fsp3) is 0.190. The molecule has 0 bridgehead atoms. The number of rotatable bonds is 6. The smallest absolute Gasteiger partial charge is 0.255 e. The molecular weight excluding hydrogens is 438 g/mol. The van der Waals surface area contributed by atoms with Crippen LogP contribution in [-0.2, 0) is 19.9 Å². The van der Waals surface area contributed by atoms with Crippen molar-refractivity contribution in [3.05, 3.63) is 78.6 Å². The van der Waals surface area contributed by atoms with E-state index in [1.165, 1.54) is 24.3 Å². The van der Waals surface area contributed by atoms with Gasteiger partial charge in [0.15, 0.2) is 9.84 Å². The summed E-state index contributed by atoms with van der Waals surface area (Å²) < 4.78 is 52.4. The van der Waals surface area contributed by atoms with Crippen molar-refractivity contribution in [3.63, 3.8) is 0 Å². The zero-order chi connectivity index (χ0) is 22.1. The number of amides is 1. The number of nitrogens with one attached hydrogen (secondary N) is 2. The van der Waals surface area contributed by atoms with Gasteiger partial charge in [0.1, 0.15) is 0 Å². The molecule has 1 atom stereocenters. The second kappa shape index (κ2) is 8.29. The quantitative estimate of drug-likeness (QED) is 0.587. The molecule has 1 saturated heterocycles. The van der Waals surface area contributed by atoms with E-state index in [2.05, 4.69) is 10.0 Å². The summed E-state index contributed by atoms with van der Waals surface area (Å²) in [4.78, 5) is 12.5. The van der Waals surface area contributed by atoms with Crippen molar-refractivity contribution in [1.29, 1.82) is 0 Å². The molecule has 2 N–H and O–H groups in total. The van der Waals surface area contributed by atoms with Crippen LogP contribution in [-0.4, -0.2) is 44.9 Å². The number of carbonyl (C=O) groups is 1. The van der Waals surface area contributed by atoms with Gasteiger partial charge in [-0.25, -0.2) is 21.6 Å². The van der Waals surface area contributed by atoms with Gasteiger partial charge in [0.25, 0.3) is 5.91 Å². The van der Waals surface area contributed by atoms with Crippen molar-refractivity contribution in [3.8, 4) is 5.69 Å². The second-order valence-corrected chi connectivity index (χ2v) is 11.3. The number of aromatic nitrogens is 1. The van der Waals surface area contributed by atoms with Gasteiger partial charge in [-0.15, -0.1) is 0 Å². The van der Waals surface area contributed by atoms with Crippen LogP contribution >= 0.6 is 0 Å². The number of benzene rings is 2. The largest absolute Gasteiger partial charge is 0.324 e. The molecule has 1 fully saturated rings. The lowest BCUT2D eigenvalue weighted by molar-refractivity contribution is 0.102. The molecule has 0 unspecified atom stereocenters. The highest BCUT2D eigenvalue weighted by Crippen LogP contribution is 2.19. The van der Waals surface area contributed by atoms with Crippen LogP contribution in [0.15, 0.2) is 78.0 Å². The molecule has 0 saturated carbocycles. The lowest BCUT2D eigenvalue weighted by atomic mass is 10.2. The van der Waals surface area contributed by atoms with E-state index < -0.39 is 25.9 Å². The van der Waals surface area contributed by atoms with Crippen molar-refractivity contribution >= 4 is 31.5 Å². The minimum atomic E-state index is -3.85. The lowest BCUT2D eigenvalue weighted by Crippen LogP contribution is -2.35. The number of hydrogen-bond donors (Lipinski definition) is 2. The van der Waals surface area contributed by atoms with Crippen LogP contribution in [0.5, 0.6) is 0 Å². The minimum absolute atomic E-state index is 0.00544. The molecule has 0 aliphatic carbocycles. The van der Waals surface area contributed by atoms with Gasteiger partial charge in [-0.2, -0.15) is 0 Å². The van der Waals surface area contributed by atoms with Crippen molar-refractivity contribution in [1.82, 2.24) is 9.29 Å². The molecule has 1 amide bonds. The number of carbonyl (C=O) groups excluding carboxylic acids is 1. The summed E-state index contributed by atoms with van der Waals surface area (Å²) in [7, 11) is -7.04. The van der Waals surface area contributed by atoms with Gasteiger partial charge in [0.2, 0.25) is 10.0 Å². The van der Waals surface area contributed by atoms with Crippen LogP contribution in [0, 0.1) is 0 Å². The maximum atomic E-state index is 12.5. The highest BCUT2D eigenvalue weighted by Gasteiger charge is 2.31. The Kier molecular flexibility index (Phi) is 5.69. The van der Waals surface area contributed by atoms with Crippen LogP contribution in [0.4, 0.5) is 5.69 Å². The fourth-order valence-corrected chi connectivity index (χ4v) is 6.44. The number of sulfonamides is 1. The third kappa shape index (κ3) is 5.04. The monoisotopic (exact) mass is 459 g/mol. The van der Waals surface area contributed by atoms with Gasteiger partial charge in [0, 0.05) is 35.4 Å². The minimum Gasteiger partial charge on any atom is -0.324 e.